The van der Waals surface area contributed by atoms with E-state index in [2.05, 4.69) is 33.8 Å². The second-order valence-electron chi connectivity index (χ2n) is 4.75. The molecular weight excluding hydrogens is 218 g/mol. The molecule has 2 saturated heterocycles. The summed E-state index contributed by atoms with van der Waals surface area (Å²) in [6.07, 6.45) is 1.37. The maximum atomic E-state index is 3.42. The Hall–Kier alpha value is 0.230. The van der Waals surface area contributed by atoms with Gasteiger partial charge in [-0.3, -0.25) is 4.90 Å². The third-order valence-electron chi connectivity index (χ3n) is 3.57. The van der Waals surface area contributed by atoms with Crippen LogP contribution in [-0.4, -0.2) is 73.2 Å². The molecular formula is C12H25N3S. The van der Waals surface area contributed by atoms with E-state index < -0.39 is 0 Å². The fourth-order valence-electron chi connectivity index (χ4n) is 2.54. The Morgan fingerprint density at radius 2 is 2.00 bits per heavy atom. The van der Waals surface area contributed by atoms with Gasteiger partial charge in [0.1, 0.15) is 0 Å². The van der Waals surface area contributed by atoms with E-state index in [0.29, 0.717) is 0 Å². The summed E-state index contributed by atoms with van der Waals surface area (Å²) in [6, 6.07) is 0.862. The number of nitrogens with one attached hydrogen (secondary N) is 1. The fourth-order valence-corrected chi connectivity index (χ4v) is 3.16. The first-order valence-electron chi connectivity index (χ1n) is 6.65. The Bertz CT molecular complexity index is 189. The van der Waals surface area contributed by atoms with Crippen LogP contribution in [0.3, 0.4) is 0 Å². The standard InChI is InChI=1S/C12H25N3S/c1-2-16-9-3-6-14-10-12(11-14)15-7-4-13-5-8-15/h12-13H,2-11H2,1H3. The van der Waals surface area contributed by atoms with Gasteiger partial charge in [-0.05, 0) is 24.5 Å². The van der Waals surface area contributed by atoms with E-state index in [-0.39, 0.29) is 0 Å². The van der Waals surface area contributed by atoms with E-state index in [1.807, 2.05) is 0 Å². The molecule has 0 amide bonds. The first-order chi connectivity index (χ1) is 7.90. The topological polar surface area (TPSA) is 18.5 Å². The summed E-state index contributed by atoms with van der Waals surface area (Å²) in [5.41, 5.74) is 0. The van der Waals surface area contributed by atoms with Crippen molar-refractivity contribution >= 4 is 11.8 Å². The van der Waals surface area contributed by atoms with Crippen molar-refractivity contribution in [2.75, 3.05) is 57.3 Å². The predicted molar refractivity (Wildman–Crippen MR) is 72.3 cm³/mol. The van der Waals surface area contributed by atoms with Crippen molar-refractivity contribution in [1.82, 2.24) is 15.1 Å². The quantitative estimate of drug-likeness (QED) is 0.693. The number of thioether (sulfide) groups is 1. The molecule has 3 nitrogen and oxygen atoms in total. The van der Waals surface area contributed by atoms with Crippen molar-refractivity contribution in [3.63, 3.8) is 0 Å². The van der Waals surface area contributed by atoms with Crippen molar-refractivity contribution in [2.45, 2.75) is 19.4 Å². The van der Waals surface area contributed by atoms with Gasteiger partial charge in [-0.25, -0.2) is 0 Å². The summed E-state index contributed by atoms with van der Waals surface area (Å²) in [5.74, 6) is 2.61. The Morgan fingerprint density at radius 1 is 1.25 bits per heavy atom. The molecule has 94 valence electrons. The highest BCUT2D eigenvalue weighted by Crippen LogP contribution is 2.16. The summed E-state index contributed by atoms with van der Waals surface area (Å²) in [5, 5.41) is 3.42. The van der Waals surface area contributed by atoms with Crippen LogP contribution in [0.4, 0.5) is 0 Å². The maximum Gasteiger partial charge on any atom is 0.0351 e. The van der Waals surface area contributed by atoms with E-state index in [9.17, 15) is 0 Å². The molecule has 0 bridgehead atoms. The minimum absolute atomic E-state index is 0.862. The summed E-state index contributed by atoms with van der Waals surface area (Å²) >= 11 is 2.07. The molecule has 0 atom stereocenters. The van der Waals surface area contributed by atoms with Gasteiger partial charge < -0.3 is 10.2 Å². The summed E-state index contributed by atoms with van der Waals surface area (Å²) in [6.45, 7) is 11.1. The molecule has 2 aliphatic rings. The molecule has 2 aliphatic heterocycles. The van der Waals surface area contributed by atoms with E-state index in [0.717, 1.165) is 6.04 Å². The van der Waals surface area contributed by atoms with Crippen molar-refractivity contribution in [3.8, 4) is 0 Å². The van der Waals surface area contributed by atoms with Crippen LogP contribution in [0.15, 0.2) is 0 Å². The van der Waals surface area contributed by atoms with Gasteiger partial charge in [-0.1, -0.05) is 6.92 Å². The average molecular weight is 243 g/mol. The van der Waals surface area contributed by atoms with Gasteiger partial charge in [-0.2, -0.15) is 11.8 Å². The monoisotopic (exact) mass is 243 g/mol. The molecule has 0 aromatic heterocycles. The van der Waals surface area contributed by atoms with Crippen molar-refractivity contribution in [1.29, 1.82) is 0 Å². The highest BCUT2D eigenvalue weighted by Gasteiger charge is 2.31. The second-order valence-corrected chi connectivity index (χ2v) is 6.14. The van der Waals surface area contributed by atoms with E-state index in [1.165, 1.54) is 63.7 Å². The Balaban J connectivity index is 1.51. The van der Waals surface area contributed by atoms with Gasteiger partial charge >= 0.3 is 0 Å². The van der Waals surface area contributed by atoms with Crippen LogP contribution in [0, 0.1) is 0 Å². The minimum Gasteiger partial charge on any atom is -0.314 e. The number of hydrogen-bond donors (Lipinski definition) is 1. The lowest BCUT2D eigenvalue weighted by molar-refractivity contribution is 0.0277. The van der Waals surface area contributed by atoms with Crippen LogP contribution in [0.5, 0.6) is 0 Å². The molecule has 0 aliphatic carbocycles. The summed E-state index contributed by atoms with van der Waals surface area (Å²) < 4.78 is 0. The predicted octanol–water partition coefficient (Wildman–Crippen LogP) is 0.719. The molecule has 16 heavy (non-hydrogen) atoms. The zero-order valence-corrected chi connectivity index (χ0v) is 11.3. The third kappa shape index (κ3) is 3.62. The number of piperazine rings is 1. The number of rotatable bonds is 6. The zero-order chi connectivity index (χ0) is 11.2. The largest absolute Gasteiger partial charge is 0.314 e. The lowest BCUT2D eigenvalue weighted by Gasteiger charge is -2.47. The molecule has 1 N–H and O–H groups in total. The van der Waals surface area contributed by atoms with E-state index >= 15 is 0 Å². The normalized spacial score (nSPS) is 24.6. The maximum absolute atomic E-state index is 3.42. The fraction of sp³-hybridized carbons (Fsp3) is 1.00. The first kappa shape index (κ1) is 12.7. The van der Waals surface area contributed by atoms with Crippen LogP contribution in [0.2, 0.25) is 0 Å². The molecule has 0 aromatic rings. The van der Waals surface area contributed by atoms with Crippen molar-refractivity contribution in [2.24, 2.45) is 0 Å². The SMILES string of the molecule is CCSCCCN1CC(N2CCNCC2)C1. The van der Waals surface area contributed by atoms with Crippen LogP contribution in [-0.2, 0) is 0 Å². The highest BCUT2D eigenvalue weighted by atomic mass is 32.2. The van der Waals surface area contributed by atoms with Gasteiger partial charge in [-0.15, -0.1) is 0 Å². The smallest absolute Gasteiger partial charge is 0.0351 e. The second kappa shape index (κ2) is 6.84. The highest BCUT2D eigenvalue weighted by molar-refractivity contribution is 7.99. The zero-order valence-electron chi connectivity index (χ0n) is 10.5. The summed E-state index contributed by atoms with van der Waals surface area (Å²) in [4.78, 5) is 5.27. The molecule has 0 spiro atoms. The van der Waals surface area contributed by atoms with Crippen molar-refractivity contribution < 1.29 is 0 Å². The third-order valence-corrected chi connectivity index (χ3v) is 4.56. The number of nitrogens with zero attached hydrogens (tertiary/aromatic N) is 2. The number of hydrogen-bond acceptors (Lipinski definition) is 4. The van der Waals surface area contributed by atoms with Gasteiger partial charge in [0.05, 0.1) is 0 Å². The molecule has 4 heteroatoms. The van der Waals surface area contributed by atoms with Crippen LogP contribution in [0.1, 0.15) is 13.3 Å². The number of likely N-dealkylation sites (tertiary alicyclic amines) is 1. The summed E-state index contributed by atoms with van der Waals surface area (Å²) in [7, 11) is 0. The Morgan fingerprint density at radius 3 is 2.69 bits per heavy atom. The molecule has 2 heterocycles. The molecule has 0 aromatic carbocycles. The lowest BCUT2D eigenvalue weighted by atomic mass is 10.1. The molecule has 0 unspecified atom stereocenters. The lowest BCUT2D eigenvalue weighted by Crippen LogP contribution is -2.62. The van der Waals surface area contributed by atoms with Gasteiger partial charge in [0.25, 0.3) is 0 Å². The Kier molecular flexibility index (Phi) is 5.42. The molecule has 2 rings (SSSR count). The van der Waals surface area contributed by atoms with Crippen molar-refractivity contribution in [3.05, 3.63) is 0 Å². The van der Waals surface area contributed by atoms with Crippen LogP contribution >= 0.6 is 11.8 Å². The molecule has 0 saturated carbocycles. The Labute approximate surface area is 104 Å². The van der Waals surface area contributed by atoms with Gasteiger partial charge in [0.2, 0.25) is 0 Å². The molecule has 0 radical (unpaired) electrons. The van der Waals surface area contributed by atoms with Crippen LogP contribution in [0.25, 0.3) is 0 Å². The minimum atomic E-state index is 0.862. The van der Waals surface area contributed by atoms with E-state index in [4.69, 9.17) is 0 Å². The van der Waals surface area contributed by atoms with Gasteiger partial charge in [0, 0.05) is 45.3 Å². The molecule has 2 fully saturated rings. The van der Waals surface area contributed by atoms with Gasteiger partial charge in [0.15, 0.2) is 0 Å². The van der Waals surface area contributed by atoms with E-state index in [1.54, 1.807) is 0 Å². The first-order valence-corrected chi connectivity index (χ1v) is 7.80. The van der Waals surface area contributed by atoms with Crippen LogP contribution < -0.4 is 5.32 Å². The average Bonchev–Trinajstić information content (AvgIpc) is 2.28.